The van der Waals surface area contributed by atoms with E-state index >= 15 is 0 Å². The standard InChI is InChI=1S/C20H21Cl2N5OS/c1-12(14-6-4-3-5-7-14)11-24-19(28)13(2)29-20-26-25-18(27(20)23)16-9-8-15(21)10-17(16)22/h3-10,12-13H,11,23H2,1-2H3,(H,24,28). The summed E-state index contributed by atoms with van der Waals surface area (Å²) in [6.45, 7) is 4.43. The van der Waals surface area contributed by atoms with E-state index in [4.69, 9.17) is 29.0 Å². The molecular formula is C20H21Cl2N5OS. The summed E-state index contributed by atoms with van der Waals surface area (Å²) in [5.41, 5.74) is 1.80. The first-order chi connectivity index (χ1) is 13.9. The Labute approximate surface area is 183 Å². The molecule has 0 saturated carbocycles. The van der Waals surface area contributed by atoms with Crippen LogP contribution in [-0.2, 0) is 4.79 Å². The number of rotatable bonds is 7. The summed E-state index contributed by atoms with van der Waals surface area (Å²) in [7, 11) is 0. The summed E-state index contributed by atoms with van der Waals surface area (Å²) in [4.78, 5) is 12.5. The van der Waals surface area contributed by atoms with E-state index in [0.717, 1.165) is 0 Å². The molecule has 2 unspecified atom stereocenters. The highest BCUT2D eigenvalue weighted by Gasteiger charge is 2.21. The van der Waals surface area contributed by atoms with E-state index in [-0.39, 0.29) is 11.8 Å². The normalized spacial score (nSPS) is 13.1. The van der Waals surface area contributed by atoms with Crippen molar-refractivity contribution in [1.29, 1.82) is 0 Å². The van der Waals surface area contributed by atoms with Crippen LogP contribution < -0.4 is 11.2 Å². The second kappa shape index (κ2) is 9.52. The first kappa shape index (κ1) is 21.5. The van der Waals surface area contributed by atoms with Crippen LogP contribution in [0.1, 0.15) is 25.3 Å². The number of nitrogens with zero attached hydrogens (tertiary/aromatic N) is 3. The van der Waals surface area contributed by atoms with Crippen molar-refractivity contribution >= 4 is 40.9 Å². The number of nitrogens with one attached hydrogen (secondary N) is 1. The van der Waals surface area contributed by atoms with E-state index in [1.54, 1.807) is 25.1 Å². The fourth-order valence-electron chi connectivity index (χ4n) is 2.72. The molecule has 2 aromatic carbocycles. The molecule has 0 aliphatic rings. The van der Waals surface area contributed by atoms with E-state index in [1.165, 1.54) is 22.0 Å². The monoisotopic (exact) mass is 449 g/mol. The van der Waals surface area contributed by atoms with Crippen molar-refractivity contribution in [1.82, 2.24) is 20.2 Å². The molecule has 0 radical (unpaired) electrons. The second-order valence-electron chi connectivity index (χ2n) is 6.62. The van der Waals surface area contributed by atoms with Gasteiger partial charge in [-0.15, -0.1) is 10.2 Å². The van der Waals surface area contributed by atoms with Crippen LogP contribution in [-0.4, -0.2) is 32.6 Å². The number of benzene rings is 2. The largest absolute Gasteiger partial charge is 0.355 e. The highest BCUT2D eigenvalue weighted by molar-refractivity contribution is 8.00. The molecule has 0 fully saturated rings. The Morgan fingerprint density at radius 2 is 1.90 bits per heavy atom. The van der Waals surface area contributed by atoms with Crippen LogP contribution in [0.5, 0.6) is 0 Å². The molecule has 1 aromatic heterocycles. The highest BCUT2D eigenvalue weighted by Crippen LogP contribution is 2.31. The van der Waals surface area contributed by atoms with Gasteiger partial charge in [-0.1, -0.05) is 72.2 Å². The molecule has 3 aromatic rings. The molecule has 0 saturated heterocycles. The molecular weight excluding hydrogens is 429 g/mol. The predicted molar refractivity (Wildman–Crippen MR) is 119 cm³/mol. The number of carbonyl (C=O) groups excluding carboxylic acids is 1. The van der Waals surface area contributed by atoms with Crippen molar-refractivity contribution in [2.45, 2.75) is 30.2 Å². The summed E-state index contributed by atoms with van der Waals surface area (Å²) in [5, 5.41) is 12.2. The summed E-state index contributed by atoms with van der Waals surface area (Å²) in [6.07, 6.45) is 0. The number of thioether (sulfide) groups is 1. The minimum absolute atomic E-state index is 0.0909. The van der Waals surface area contributed by atoms with Gasteiger partial charge in [0.2, 0.25) is 11.1 Å². The molecule has 1 heterocycles. The fraction of sp³-hybridized carbons (Fsp3) is 0.250. The van der Waals surface area contributed by atoms with E-state index in [0.29, 0.717) is 33.1 Å². The second-order valence-corrected chi connectivity index (χ2v) is 8.77. The number of nitrogen functional groups attached to an aromatic ring is 1. The van der Waals surface area contributed by atoms with Gasteiger partial charge in [0.05, 0.1) is 10.3 Å². The minimum Gasteiger partial charge on any atom is -0.355 e. The first-order valence-corrected chi connectivity index (χ1v) is 10.7. The number of halogens is 2. The number of hydrogen-bond acceptors (Lipinski definition) is 5. The minimum atomic E-state index is -0.391. The summed E-state index contributed by atoms with van der Waals surface area (Å²) in [5.74, 6) is 6.66. The third-order valence-electron chi connectivity index (χ3n) is 4.44. The van der Waals surface area contributed by atoms with Gasteiger partial charge in [-0.3, -0.25) is 4.79 Å². The van der Waals surface area contributed by atoms with Crippen LogP contribution in [0.25, 0.3) is 11.4 Å². The van der Waals surface area contributed by atoms with E-state index in [1.807, 2.05) is 18.2 Å². The molecule has 0 bridgehead atoms. The lowest BCUT2D eigenvalue weighted by Crippen LogP contribution is -2.33. The Bertz CT molecular complexity index is 996. The van der Waals surface area contributed by atoms with Crippen LogP contribution in [0.15, 0.2) is 53.7 Å². The summed E-state index contributed by atoms with van der Waals surface area (Å²) < 4.78 is 1.33. The number of amides is 1. The molecule has 3 rings (SSSR count). The molecule has 1 amide bonds. The quantitative estimate of drug-likeness (QED) is 0.413. The summed E-state index contributed by atoms with van der Waals surface area (Å²) >= 11 is 13.4. The van der Waals surface area contributed by atoms with Crippen LogP contribution in [0.2, 0.25) is 10.0 Å². The van der Waals surface area contributed by atoms with Gasteiger partial charge in [0.15, 0.2) is 5.82 Å². The maximum Gasteiger partial charge on any atom is 0.233 e. The maximum absolute atomic E-state index is 12.5. The van der Waals surface area contributed by atoms with Crippen LogP contribution in [0, 0.1) is 0 Å². The molecule has 0 spiro atoms. The van der Waals surface area contributed by atoms with Crippen molar-refractivity contribution in [2.75, 3.05) is 12.4 Å². The number of carbonyl (C=O) groups is 1. The van der Waals surface area contributed by atoms with Gasteiger partial charge >= 0.3 is 0 Å². The predicted octanol–water partition coefficient (Wildman–Crippen LogP) is 4.37. The third-order valence-corrected chi connectivity index (χ3v) is 6.04. The number of hydrogen-bond donors (Lipinski definition) is 2. The average molecular weight is 450 g/mol. The first-order valence-electron chi connectivity index (χ1n) is 9.02. The highest BCUT2D eigenvalue weighted by atomic mass is 35.5. The Morgan fingerprint density at radius 3 is 2.59 bits per heavy atom. The Kier molecular flexibility index (Phi) is 7.05. The van der Waals surface area contributed by atoms with Crippen LogP contribution in [0.3, 0.4) is 0 Å². The van der Waals surface area contributed by atoms with Gasteiger partial charge in [-0.25, -0.2) is 4.68 Å². The zero-order valence-corrected chi connectivity index (χ0v) is 18.3. The third kappa shape index (κ3) is 5.23. The zero-order valence-electron chi connectivity index (χ0n) is 16.0. The average Bonchev–Trinajstić information content (AvgIpc) is 3.06. The van der Waals surface area contributed by atoms with E-state index < -0.39 is 5.25 Å². The van der Waals surface area contributed by atoms with Gasteiger partial charge in [0.1, 0.15) is 0 Å². The van der Waals surface area contributed by atoms with Crippen molar-refractivity contribution in [3.63, 3.8) is 0 Å². The van der Waals surface area contributed by atoms with E-state index in [2.05, 4.69) is 34.6 Å². The topological polar surface area (TPSA) is 85.8 Å². The van der Waals surface area contributed by atoms with Crippen LogP contribution in [0.4, 0.5) is 0 Å². The van der Waals surface area contributed by atoms with Crippen molar-refractivity contribution in [3.05, 3.63) is 64.1 Å². The fourth-order valence-corrected chi connectivity index (χ4v) is 4.01. The summed E-state index contributed by atoms with van der Waals surface area (Å²) in [6, 6.07) is 15.1. The molecule has 3 N–H and O–H groups in total. The van der Waals surface area contributed by atoms with Gasteiger partial charge in [-0.2, -0.15) is 0 Å². The Morgan fingerprint density at radius 1 is 1.17 bits per heavy atom. The van der Waals surface area contributed by atoms with Crippen molar-refractivity contribution in [2.24, 2.45) is 0 Å². The van der Waals surface area contributed by atoms with Gasteiger partial charge < -0.3 is 11.2 Å². The van der Waals surface area contributed by atoms with Gasteiger partial charge in [0.25, 0.3) is 0 Å². The van der Waals surface area contributed by atoms with E-state index in [9.17, 15) is 4.79 Å². The van der Waals surface area contributed by atoms with Crippen molar-refractivity contribution in [3.8, 4) is 11.4 Å². The smallest absolute Gasteiger partial charge is 0.233 e. The molecule has 152 valence electrons. The number of nitrogens with two attached hydrogens (primary N) is 1. The zero-order chi connectivity index (χ0) is 21.0. The van der Waals surface area contributed by atoms with Gasteiger partial charge in [0, 0.05) is 17.1 Å². The molecule has 9 heteroatoms. The molecule has 6 nitrogen and oxygen atoms in total. The molecule has 0 aliphatic carbocycles. The molecule has 2 atom stereocenters. The maximum atomic E-state index is 12.5. The Balaban J connectivity index is 1.62. The molecule has 29 heavy (non-hydrogen) atoms. The van der Waals surface area contributed by atoms with Crippen LogP contribution >= 0.6 is 35.0 Å². The lowest BCUT2D eigenvalue weighted by atomic mass is 10.0. The number of aromatic nitrogens is 3. The molecule has 0 aliphatic heterocycles. The van der Waals surface area contributed by atoms with Gasteiger partial charge in [-0.05, 0) is 36.6 Å². The SMILES string of the molecule is CC(Sc1nnc(-c2ccc(Cl)cc2Cl)n1N)C(=O)NCC(C)c1ccccc1. The Hall–Kier alpha value is -2.22. The lowest BCUT2D eigenvalue weighted by Gasteiger charge is -2.15. The van der Waals surface area contributed by atoms with Crippen molar-refractivity contribution < 1.29 is 4.79 Å². The lowest BCUT2D eigenvalue weighted by molar-refractivity contribution is -0.120.